The molecule has 13 heavy (non-hydrogen) atoms. The first-order valence-electron chi connectivity index (χ1n) is 4.83. The molecule has 0 aliphatic rings. The van der Waals surface area contributed by atoms with Crippen LogP contribution in [-0.2, 0) is 13.3 Å². The molecule has 0 aromatic carbocycles. The predicted octanol–water partition coefficient (Wildman–Crippen LogP) is 0.816. The summed E-state index contributed by atoms with van der Waals surface area (Å²) in [5, 5.41) is 0. The fourth-order valence-corrected chi connectivity index (χ4v) is 2.65. The maximum atomic E-state index is 7.71. The van der Waals surface area contributed by atoms with Crippen LogP contribution >= 0.6 is 0 Å². The molecule has 0 saturated heterocycles. The normalized spacial score (nSPS) is 16.0. The van der Waals surface area contributed by atoms with E-state index in [-0.39, 0.29) is 6.52 Å². The van der Waals surface area contributed by atoms with Gasteiger partial charge in [-0.1, -0.05) is 0 Å². The van der Waals surface area contributed by atoms with E-state index >= 15 is 0 Å². The highest BCUT2D eigenvalue weighted by Gasteiger charge is 2.36. The largest absolute Gasteiger partial charge is 0.500 e. The quantitative estimate of drug-likeness (QED) is 0.580. The van der Waals surface area contributed by atoms with Crippen LogP contribution in [0.2, 0.25) is 6.04 Å². The van der Waals surface area contributed by atoms with Crippen molar-refractivity contribution in [3.05, 3.63) is 0 Å². The van der Waals surface area contributed by atoms with E-state index < -0.39 is 8.80 Å². The van der Waals surface area contributed by atoms with Crippen molar-refractivity contribution in [2.75, 3.05) is 41.9 Å². The van der Waals surface area contributed by atoms with Gasteiger partial charge in [0.2, 0.25) is 0 Å². The van der Waals surface area contributed by atoms with E-state index in [0.29, 0.717) is 12.5 Å². The van der Waals surface area contributed by atoms with Crippen LogP contribution in [0.15, 0.2) is 0 Å². The van der Waals surface area contributed by atoms with Gasteiger partial charge in [0.25, 0.3) is 0 Å². The Labute approximate surface area is 83.6 Å². The van der Waals surface area contributed by atoms with Gasteiger partial charge < -0.3 is 18.2 Å². The molecule has 0 rings (SSSR count). The van der Waals surface area contributed by atoms with Crippen LogP contribution in [0, 0.1) is 0 Å². The summed E-state index contributed by atoms with van der Waals surface area (Å²) in [5.74, 6) is 0. The summed E-state index contributed by atoms with van der Waals surface area (Å²) >= 11 is 0. The Morgan fingerprint density at radius 3 is 1.92 bits per heavy atom. The second-order valence-electron chi connectivity index (χ2n) is 2.98. The zero-order valence-electron chi connectivity index (χ0n) is 10.2. The van der Waals surface area contributed by atoms with Gasteiger partial charge in [-0.2, -0.15) is 0 Å². The van der Waals surface area contributed by atoms with Crippen LogP contribution in [0.5, 0.6) is 0 Å². The minimum atomic E-state index is -2.47. The lowest BCUT2D eigenvalue weighted by Crippen LogP contribution is -2.43. The van der Waals surface area contributed by atoms with Crippen LogP contribution in [0.1, 0.15) is 7.79 Å². The van der Waals surface area contributed by atoms with E-state index in [1.165, 1.54) is 0 Å². The standard InChI is InChI=1S/C8H21NO3Si/c1-9(2)7-6-8-13(10-3,11-4)12-5/h6-8H2,1-5H3/i7D. The Morgan fingerprint density at radius 1 is 1.15 bits per heavy atom. The zero-order valence-corrected chi connectivity index (χ0v) is 10.2. The van der Waals surface area contributed by atoms with Crippen molar-refractivity contribution in [3.63, 3.8) is 0 Å². The highest BCUT2D eigenvalue weighted by atomic mass is 28.4. The Morgan fingerprint density at radius 2 is 1.62 bits per heavy atom. The van der Waals surface area contributed by atoms with Crippen molar-refractivity contribution in [1.82, 2.24) is 4.90 Å². The molecule has 4 nitrogen and oxygen atoms in total. The molecular formula is C8H21NO3Si. The van der Waals surface area contributed by atoms with E-state index in [0.717, 1.165) is 0 Å². The second-order valence-corrected chi connectivity index (χ2v) is 6.07. The van der Waals surface area contributed by atoms with Crippen molar-refractivity contribution >= 4 is 8.80 Å². The van der Waals surface area contributed by atoms with E-state index in [1.54, 1.807) is 21.3 Å². The molecule has 0 fully saturated rings. The van der Waals surface area contributed by atoms with Gasteiger partial charge in [-0.3, -0.25) is 0 Å². The molecule has 1 unspecified atom stereocenters. The smallest absolute Gasteiger partial charge is 0.377 e. The first-order valence-corrected chi connectivity index (χ1v) is 6.18. The highest BCUT2D eigenvalue weighted by Crippen LogP contribution is 2.14. The summed E-state index contributed by atoms with van der Waals surface area (Å²) < 4.78 is 23.5. The summed E-state index contributed by atoms with van der Waals surface area (Å²) in [6, 6.07) is 0.669. The van der Waals surface area contributed by atoms with Crippen molar-refractivity contribution < 1.29 is 14.6 Å². The van der Waals surface area contributed by atoms with Gasteiger partial charge in [0.15, 0.2) is 0 Å². The topological polar surface area (TPSA) is 30.9 Å². The Kier molecular flexibility index (Phi) is 5.57. The first kappa shape index (κ1) is 11.1. The van der Waals surface area contributed by atoms with Gasteiger partial charge >= 0.3 is 8.80 Å². The van der Waals surface area contributed by atoms with E-state index in [2.05, 4.69) is 0 Å². The maximum Gasteiger partial charge on any atom is 0.500 e. The minimum absolute atomic E-state index is 0.234. The van der Waals surface area contributed by atoms with Gasteiger partial charge in [-0.05, 0) is 27.0 Å². The SMILES string of the molecule is [2H]C(CC[Si](OC)(OC)OC)N(C)C. The molecule has 0 spiro atoms. The molecule has 0 aromatic rings. The second kappa shape index (κ2) is 6.50. The molecule has 80 valence electrons. The number of nitrogens with zero attached hydrogens (tertiary/aromatic N) is 1. The van der Waals surface area contributed by atoms with Crippen molar-refractivity contribution in [2.24, 2.45) is 0 Å². The van der Waals surface area contributed by atoms with Gasteiger partial charge in [0.1, 0.15) is 0 Å². The van der Waals surface area contributed by atoms with Crippen molar-refractivity contribution in [1.29, 1.82) is 0 Å². The molecule has 0 amide bonds. The summed E-state index contributed by atoms with van der Waals surface area (Å²) in [6.45, 7) is -0.234. The lowest BCUT2D eigenvalue weighted by molar-refractivity contribution is 0.122. The van der Waals surface area contributed by atoms with Crippen molar-refractivity contribution in [3.8, 4) is 0 Å². The van der Waals surface area contributed by atoms with E-state index in [4.69, 9.17) is 14.6 Å². The van der Waals surface area contributed by atoms with Crippen LogP contribution in [0.3, 0.4) is 0 Å². The minimum Gasteiger partial charge on any atom is -0.377 e. The summed E-state index contributed by atoms with van der Waals surface area (Å²) in [4.78, 5) is 1.85. The van der Waals surface area contributed by atoms with E-state index in [1.807, 2.05) is 19.0 Å². The molecule has 5 heteroatoms. The molecule has 0 radical (unpaired) electrons. The number of hydrogen-bond acceptors (Lipinski definition) is 4. The lowest BCUT2D eigenvalue weighted by Gasteiger charge is -2.24. The monoisotopic (exact) mass is 208 g/mol. The first-order chi connectivity index (χ1) is 6.51. The average molecular weight is 208 g/mol. The Balaban J connectivity index is 4.05. The van der Waals surface area contributed by atoms with Crippen LogP contribution in [0.25, 0.3) is 0 Å². The molecule has 0 heterocycles. The van der Waals surface area contributed by atoms with Gasteiger partial charge in [-0.25, -0.2) is 0 Å². The Bertz CT molecular complexity index is 147. The third-order valence-electron chi connectivity index (χ3n) is 1.88. The third kappa shape index (κ3) is 4.73. The van der Waals surface area contributed by atoms with Gasteiger partial charge in [-0.15, -0.1) is 0 Å². The maximum absolute atomic E-state index is 7.71. The number of rotatable bonds is 7. The molecule has 0 aliphatic carbocycles. The summed E-state index contributed by atoms with van der Waals surface area (Å²) in [6.07, 6.45) is 0.689. The molecule has 0 N–H and O–H groups in total. The zero-order chi connectivity index (χ0) is 11.2. The lowest BCUT2D eigenvalue weighted by atomic mass is 10.5. The Hall–Kier alpha value is 0.0569. The number of hydrogen-bond donors (Lipinski definition) is 0. The molecular weight excluding hydrogens is 186 g/mol. The molecule has 0 aromatic heterocycles. The molecule has 0 saturated carbocycles. The van der Waals surface area contributed by atoms with Crippen molar-refractivity contribution in [2.45, 2.75) is 12.5 Å². The van der Waals surface area contributed by atoms with Crippen LogP contribution in [0.4, 0.5) is 0 Å². The average Bonchev–Trinajstić information content (AvgIpc) is 2.20. The van der Waals surface area contributed by atoms with Gasteiger partial charge in [0.05, 0.1) is 0 Å². The van der Waals surface area contributed by atoms with E-state index in [9.17, 15) is 0 Å². The molecule has 1 atom stereocenters. The summed E-state index contributed by atoms with van der Waals surface area (Å²) in [7, 11) is 6.07. The predicted molar refractivity (Wildman–Crippen MR) is 54.8 cm³/mol. The fraction of sp³-hybridized carbons (Fsp3) is 1.00. The van der Waals surface area contributed by atoms with Gasteiger partial charge in [0, 0.05) is 28.7 Å². The molecule has 0 bridgehead atoms. The third-order valence-corrected chi connectivity index (χ3v) is 4.64. The fourth-order valence-electron chi connectivity index (χ4n) is 1.06. The summed E-state index contributed by atoms with van der Waals surface area (Å²) in [5.41, 5.74) is 0. The molecule has 0 aliphatic heterocycles. The van der Waals surface area contributed by atoms with Crippen LogP contribution in [-0.4, -0.2) is 55.6 Å². The highest BCUT2D eigenvalue weighted by molar-refractivity contribution is 6.60. The van der Waals surface area contributed by atoms with Crippen LogP contribution < -0.4 is 0 Å².